The number of benzene rings is 3. The predicted octanol–water partition coefficient (Wildman–Crippen LogP) is 3.08. The lowest BCUT2D eigenvalue weighted by molar-refractivity contribution is 0.0827. The Morgan fingerprint density at radius 3 is 2.41 bits per heavy atom. The zero-order valence-electron chi connectivity index (χ0n) is 24.8. The molecule has 3 aromatic carbocycles. The molecule has 0 aromatic heterocycles. The summed E-state index contributed by atoms with van der Waals surface area (Å²) >= 11 is 0. The Balaban J connectivity index is 1.58. The zero-order chi connectivity index (χ0) is 32.2. The third kappa shape index (κ3) is 8.27. The molecule has 2 atom stereocenters. The summed E-state index contributed by atoms with van der Waals surface area (Å²) < 4.78 is 81.5. The second-order valence-corrected chi connectivity index (χ2v) is 15.2. The molecule has 3 aromatic rings. The summed E-state index contributed by atoms with van der Waals surface area (Å²) in [6, 6.07) is 13.5. The number of aliphatic hydroxyl groups excluding tert-OH is 1. The fourth-order valence-electron chi connectivity index (χ4n) is 5.22. The minimum Gasteiger partial charge on any atom is -0.390 e. The van der Waals surface area contributed by atoms with Gasteiger partial charge in [0.25, 0.3) is 5.91 Å². The fraction of sp³-hybridized carbons (Fsp3) is 0.387. The zero-order valence-corrected chi connectivity index (χ0v) is 26.5. The lowest BCUT2D eigenvalue weighted by Crippen LogP contribution is -2.44. The molecule has 0 fully saturated rings. The molecule has 0 unspecified atom stereocenters. The largest absolute Gasteiger partial charge is 0.390 e. The standard InChI is InChI=1S/C31H37F2N3O6S2/c1-4-21-8-9-24-19-43(39,40)20-30(29(24)14-21)34-17-27(37)18-36(11-10-22-12-25(32)16-26(33)13-22)44(41,42)28-7-5-6-23(15-28)31(38)35(2)3/h5-9,12-16,27,30,34,37H,4,10-11,17-20H2,1-3H3/t27-,30+/m1/s1. The fourth-order valence-corrected chi connectivity index (χ4v) is 8.41. The molecule has 1 aliphatic heterocycles. The van der Waals surface area contributed by atoms with E-state index < -0.39 is 56.1 Å². The van der Waals surface area contributed by atoms with Crippen molar-refractivity contribution < 1.29 is 35.5 Å². The van der Waals surface area contributed by atoms with Gasteiger partial charge in [0, 0.05) is 51.4 Å². The van der Waals surface area contributed by atoms with Gasteiger partial charge in [0.1, 0.15) is 11.6 Å². The molecule has 9 nitrogen and oxygen atoms in total. The lowest BCUT2D eigenvalue weighted by Gasteiger charge is -2.29. The number of hydrogen-bond acceptors (Lipinski definition) is 7. The molecule has 0 saturated heterocycles. The van der Waals surface area contributed by atoms with E-state index in [1.54, 1.807) is 6.07 Å². The minimum absolute atomic E-state index is 0.0571. The molecule has 238 valence electrons. The molecule has 0 bridgehead atoms. The Morgan fingerprint density at radius 2 is 1.75 bits per heavy atom. The van der Waals surface area contributed by atoms with Crippen LogP contribution in [0.4, 0.5) is 8.78 Å². The van der Waals surface area contributed by atoms with Crippen molar-refractivity contribution in [2.45, 2.75) is 42.6 Å². The molecule has 0 radical (unpaired) electrons. The highest BCUT2D eigenvalue weighted by molar-refractivity contribution is 7.90. The van der Waals surface area contributed by atoms with Gasteiger partial charge in [0.15, 0.2) is 9.84 Å². The second kappa shape index (κ2) is 13.8. The number of rotatable bonds is 12. The van der Waals surface area contributed by atoms with E-state index in [2.05, 4.69) is 5.32 Å². The molecule has 2 N–H and O–H groups in total. The van der Waals surface area contributed by atoms with E-state index in [0.29, 0.717) is 11.6 Å². The monoisotopic (exact) mass is 649 g/mol. The van der Waals surface area contributed by atoms with Crippen LogP contribution >= 0.6 is 0 Å². The third-order valence-electron chi connectivity index (χ3n) is 7.50. The Labute approximate surface area is 257 Å². The molecule has 0 saturated carbocycles. The maximum Gasteiger partial charge on any atom is 0.253 e. The molecular weight excluding hydrogens is 612 g/mol. The SMILES string of the molecule is CCc1ccc2c(c1)[C@@H](NC[C@@H](O)CN(CCc1cc(F)cc(F)c1)S(=O)(=O)c1cccc(C(=O)N(C)C)c1)CS(=O)(=O)C2. The van der Waals surface area contributed by atoms with Gasteiger partial charge in [0.2, 0.25) is 10.0 Å². The van der Waals surface area contributed by atoms with E-state index in [9.17, 15) is 35.5 Å². The van der Waals surface area contributed by atoms with E-state index in [1.807, 2.05) is 19.1 Å². The van der Waals surface area contributed by atoms with Crippen molar-refractivity contribution in [3.05, 3.63) is 100 Å². The molecule has 0 aliphatic carbocycles. The number of aryl methyl sites for hydroxylation is 1. The van der Waals surface area contributed by atoms with Gasteiger partial charge in [0.05, 0.1) is 22.5 Å². The van der Waals surface area contributed by atoms with Crippen LogP contribution in [-0.2, 0) is 38.5 Å². The summed E-state index contributed by atoms with van der Waals surface area (Å²) in [6.07, 6.45) is -0.569. The number of nitrogens with one attached hydrogen (secondary N) is 1. The van der Waals surface area contributed by atoms with E-state index in [-0.39, 0.29) is 47.0 Å². The number of hydrogen-bond donors (Lipinski definition) is 2. The van der Waals surface area contributed by atoms with Crippen LogP contribution in [0.3, 0.4) is 0 Å². The summed E-state index contributed by atoms with van der Waals surface area (Å²) in [5.41, 5.74) is 2.92. The van der Waals surface area contributed by atoms with Gasteiger partial charge in [-0.25, -0.2) is 25.6 Å². The van der Waals surface area contributed by atoms with Crippen LogP contribution in [0.2, 0.25) is 0 Å². The maximum absolute atomic E-state index is 13.8. The summed E-state index contributed by atoms with van der Waals surface area (Å²) in [4.78, 5) is 13.6. The Kier molecular flexibility index (Phi) is 10.6. The highest BCUT2D eigenvalue weighted by Crippen LogP contribution is 2.29. The van der Waals surface area contributed by atoms with Gasteiger partial charge in [-0.05, 0) is 65.4 Å². The van der Waals surface area contributed by atoms with E-state index in [0.717, 1.165) is 34.0 Å². The van der Waals surface area contributed by atoms with Crippen LogP contribution in [0.15, 0.2) is 65.6 Å². The smallest absolute Gasteiger partial charge is 0.253 e. The normalized spacial score (nSPS) is 16.8. The number of carbonyl (C=O) groups is 1. The van der Waals surface area contributed by atoms with Crippen LogP contribution in [0, 0.1) is 11.6 Å². The Morgan fingerprint density at radius 1 is 1.05 bits per heavy atom. The number of halogens is 2. The summed E-state index contributed by atoms with van der Waals surface area (Å²) in [7, 11) is -4.62. The van der Waals surface area contributed by atoms with Gasteiger partial charge in [-0.1, -0.05) is 31.2 Å². The molecular formula is C31H37F2N3O6S2. The van der Waals surface area contributed by atoms with E-state index in [4.69, 9.17) is 0 Å². The minimum atomic E-state index is -4.30. The van der Waals surface area contributed by atoms with Crippen molar-refractivity contribution >= 4 is 25.8 Å². The van der Waals surface area contributed by atoms with Crippen molar-refractivity contribution in [1.82, 2.24) is 14.5 Å². The van der Waals surface area contributed by atoms with Gasteiger partial charge < -0.3 is 15.3 Å². The average Bonchev–Trinajstić information content (AvgIpc) is 2.96. The first-order valence-corrected chi connectivity index (χ1v) is 17.4. The molecule has 1 heterocycles. The number of nitrogens with zero attached hydrogens (tertiary/aromatic N) is 2. The first kappa shape index (κ1) is 33.7. The van der Waals surface area contributed by atoms with Gasteiger partial charge in [-0.3, -0.25) is 4.79 Å². The number of aliphatic hydroxyl groups is 1. The lowest BCUT2D eigenvalue weighted by atomic mass is 9.98. The highest BCUT2D eigenvalue weighted by atomic mass is 32.2. The number of amides is 1. The van der Waals surface area contributed by atoms with E-state index >= 15 is 0 Å². The molecule has 1 aliphatic rings. The van der Waals surface area contributed by atoms with Crippen LogP contribution in [0.5, 0.6) is 0 Å². The average molecular weight is 650 g/mol. The topological polar surface area (TPSA) is 124 Å². The number of fused-ring (bicyclic) bond motifs is 1. The molecule has 1 amide bonds. The van der Waals surface area contributed by atoms with Crippen molar-refractivity contribution in [1.29, 1.82) is 0 Å². The molecule has 0 spiro atoms. The van der Waals surface area contributed by atoms with Crippen molar-refractivity contribution in [2.24, 2.45) is 0 Å². The maximum atomic E-state index is 13.8. The van der Waals surface area contributed by atoms with Crippen LogP contribution in [0.1, 0.15) is 45.6 Å². The Bertz CT molecular complexity index is 1710. The quantitative estimate of drug-likeness (QED) is 0.309. The number of sulfonamides is 1. The molecule has 13 heteroatoms. The Hall–Kier alpha value is -3.23. The van der Waals surface area contributed by atoms with Gasteiger partial charge in [-0.2, -0.15) is 4.31 Å². The number of sulfone groups is 1. The summed E-state index contributed by atoms with van der Waals surface area (Å²) in [6.45, 7) is 1.23. The van der Waals surface area contributed by atoms with Crippen LogP contribution in [0.25, 0.3) is 0 Å². The van der Waals surface area contributed by atoms with Crippen molar-refractivity contribution in [3.63, 3.8) is 0 Å². The van der Waals surface area contributed by atoms with Gasteiger partial charge in [-0.15, -0.1) is 0 Å². The van der Waals surface area contributed by atoms with Crippen LogP contribution < -0.4 is 5.32 Å². The second-order valence-electron chi connectivity index (χ2n) is 11.2. The summed E-state index contributed by atoms with van der Waals surface area (Å²) in [5, 5.41) is 14.1. The predicted molar refractivity (Wildman–Crippen MR) is 163 cm³/mol. The molecule has 44 heavy (non-hydrogen) atoms. The summed E-state index contributed by atoms with van der Waals surface area (Å²) in [5.74, 6) is -2.25. The van der Waals surface area contributed by atoms with Crippen molar-refractivity contribution in [2.75, 3.05) is 39.5 Å². The van der Waals surface area contributed by atoms with Crippen molar-refractivity contribution in [3.8, 4) is 0 Å². The number of carbonyl (C=O) groups excluding carboxylic acids is 1. The first-order chi connectivity index (χ1) is 20.7. The van der Waals surface area contributed by atoms with Gasteiger partial charge >= 0.3 is 0 Å². The molecule has 4 rings (SSSR count). The van der Waals surface area contributed by atoms with E-state index in [1.165, 1.54) is 43.3 Å². The highest BCUT2D eigenvalue weighted by Gasteiger charge is 2.32. The van der Waals surface area contributed by atoms with Crippen LogP contribution in [-0.4, -0.2) is 82.6 Å². The third-order valence-corrected chi connectivity index (χ3v) is 11.0. The first-order valence-electron chi connectivity index (χ1n) is 14.2.